The minimum atomic E-state index is 0.0771. The van der Waals surface area contributed by atoms with E-state index in [1.165, 1.54) is 6.33 Å². The maximum atomic E-state index is 12.0. The molecule has 0 radical (unpaired) electrons. The average Bonchev–Trinajstić information content (AvgIpc) is 2.84. The van der Waals surface area contributed by atoms with Crippen molar-refractivity contribution >= 4 is 5.78 Å². The van der Waals surface area contributed by atoms with Crippen molar-refractivity contribution in [2.24, 2.45) is 7.05 Å². The zero-order valence-corrected chi connectivity index (χ0v) is 11.8. The number of methoxy groups -OCH3 is 2. The van der Waals surface area contributed by atoms with Gasteiger partial charge in [-0.3, -0.25) is 9.48 Å². The van der Waals surface area contributed by atoms with Crippen LogP contribution in [-0.2, 0) is 24.7 Å². The highest BCUT2D eigenvalue weighted by Gasteiger charge is 2.11. The van der Waals surface area contributed by atoms with Gasteiger partial charge in [-0.2, -0.15) is 5.10 Å². The number of carbonyl (C=O) groups is 1. The largest absolute Gasteiger partial charge is 0.493 e. The first-order chi connectivity index (χ1) is 9.63. The molecule has 0 N–H and O–H groups in total. The van der Waals surface area contributed by atoms with E-state index >= 15 is 0 Å². The summed E-state index contributed by atoms with van der Waals surface area (Å²) in [7, 11) is 4.92. The van der Waals surface area contributed by atoms with Crippen molar-refractivity contribution in [3.8, 4) is 11.5 Å². The van der Waals surface area contributed by atoms with Crippen molar-refractivity contribution in [2.75, 3.05) is 14.2 Å². The Morgan fingerprint density at radius 1 is 1.20 bits per heavy atom. The predicted molar refractivity (Wildman–Crippen MR) is 73.0 cm³/mol. The molecule has 0 atom stereocenters. The molecule has 0 spiro atoms. The van der Waals surface area contributed by atoms with Crippen LogP contribution in [0.3, 0.4) is 0 Å². The molecule has 1 aromatic carbocycles. The summed E-state index contributed by atoms with van der Waals surface area (Å²) in [6, 6.07) is 5.47. The molecule has 0 amide bonds. The van der Waals surface area contributed by atoms with Crippen LogP contribution in [0.1, 0.15) is 11.4 Å². The van der Waals surface area contributed by atoms with Crippen molar-refractivity contribution in [3.63, 3.8) is 0 Å². The molecule has 0 bridgehead atoms. The van der Waals surface area contributed by atoms with Gasteiger partial charge in [0.1, 0.15) is 17.9 Å². The van der Waals surface area contributed by atoms with E-state index in [2.05, 4.69) is 10.1 Å². The second kappa shape index (κ2) is 6.18. The third-order valence-corrected chi connectivity index (χ3v) is 3.01. The number of aryl methyl sites for hydroxylation is 1. The number of hydrogen-bond acceptors (Lipinski definition) is 5. The van der Waals surface area contributed by atoms with Crippen LogP contribution in [0, 0.1) is 0 Å². The molecule has 2 aromatic rings. The molecular formula is C14H17N3O3. The Bertz CT molecular complexity index is 607. The van der Waals surface area contributed by atoms with E-state index in [9.17, 15) is 4.79 Å². The molecule has 20 heavy (non-hydrogen) atoms. The van der Waals surface area contributed by atoms with E-state index in [0.717, 1.165) is 5.56 Å². The Balaban J connectivity index is 2.06. The molecule has 2 rings (SSSR count). The van der Waals surface area contributed by atoms with Gasteiger partial charge < -0.3 is 9.47 Å². The van der Waals surface area contributed by atoms with Gasteiger partial charge in [0.05, 0.1) is 20.6 Å². The number of ether oxygens (including phenoxy) is 2. The third-order valence-electron chi connectivity index (χ3n) is 3.01. The number of rotatable bonds is 6. The van der Waals surface area contributed by atoms with Crippen LogP contribution in [-0.4, -0.2) is 34.8 Å². The molecule has 0 aliphatic carbocycles. The van der Waals surface area contributed by atoms with Gasteiger partial charge in [-0.05, 0) is 17.7 Å². The summed E-state index contributed by atoms with van der Waals surface area (Å²) in [5.74, 6) is 2.01. The molecule has 0 aliphatic rings. The fourth-order valence-corrected chi connectivity index (χ4v) is 1.94. The summed E-state index contributed by atoms with van der Waals surface area (Å²) in [6.45, 7) is 0. The maximum Gasteiger partial charge on any atom is 0.161 e. The normalized spacial score (nSPS) is 10.3. The van der Waals surface area contributed by atoms with Crippen molar-refractivity contribution in [2.45, 2.75) is 12.8 Å². The Kier molecular flexibility index (Phi) is 4.34. The highest BCUT2D eigenvalue weighted by Crippen LogP contribution is 2.27. The first-order valence-corrected chi connectivity index (χ1v) is 6.19. The molecule has 1 heterocycles. The minimum absolute atomic E-state index is 0.0771. The summed E-state index contributed by atoms with van der Waals surface area (Å²) in [6.07, 6.45) is 2.04. The number of hydrogen-bond donors (Lipinski definition) is 0. The zero-order valence-electron chi connectivity index (χ0n) is 11.8. The fraction of sp³-hybridized carbons (Fsp3) is 0.357. The summed E-state index contributed by atoms with van der Waals surface area (Å²) in [5.41, 5.74) is 0.884. The summed E-state index contributed by atoms with van der Waals surface area (Å²) in [5, 5.41) is 3.94. The SMILES string of the molecule is COc1ccc(CC(=O)Cc2ncnn2C)cc1OC. The summed E-state index contributed by atoms with van der Waals surface area (Å²) >= 11 is 0. The monoisotopic (exact) mass is 275 g/mol. The second-order valence-corrected chi connectivity index (χ2v) is 4.38. The van der Waals surface area contributed by atoms with Crippen LogP contribution >= 0.6 is 0 Å². The average molecular weight is 275 g/mol. The summed E-state index contributed by atoms with van der Waals surface area (Å²) in [4.78, 5) is 16.1. The van der Waals surface area contributed by atoms with Crippen molar-refractivity contribution in [3.05, 3.63) is 35.9 Å². The van der Waals surface area contributed by atoms with Crippen LogP contribution in [0.15, 0.2) is 24.5 Å². The molecule has 1 aromatic heterocycles. The highest BCUT2D eigenvalue weighted by atomic mass is 16.5. The van der Waals surface area contributed by atoms with Crippen LogP contribution in [0.4, 0.5) is 0 Å². The molecule has 0 saturated heterocycles. The Labute approximate surface area is 117 Å². The molecule has 6 nitrogen and oxygen atoms in total. The molecule has 0 saturated carbocycles. The number of carbonyl (C=O) groups excluding carboxylic acids is 1. The van der Waals surface area contributed by atoms with Gasteiger partial charge in [0.2, 0.25) is 0 Å². The lowest BCUT2D eigenvalue weighted by Crippen LogP contribution is -2.11. The first-order valence-electron chi connectivity index (χ1n) is 6.19. The maximum absolute atomic E-state index is 12.0. The van der Waals surface area contributed by atoms with Gasteiger partial charge in [0, 0.05) is 13.5 Å². The number of ketones is 1. The predicted octanol–water partition coefficient (Wildman–Crippen LogP) is 1.19. The Morgan fingerprint density at radius 2 is 1.95 bits per heavy atom. The van der Waals surface area contributed by atoms with Gasteiger partial charge in [-0.25, -0.2) is 4.98 Å². The molecule has 0 unspecified atom stereocenters. The minimum Gasteiger partial charge on any atom is -0.493 e. The number of aromatic nitrogens is 3. The smallest absolute Gasteiger partial charge is 0.161 e. The topological polar surface area (TPSA) is 66.2 Å². The zero-order chi connectivity index (χ0) is 14.5. The lowest BCUT2D eigenvalue weighted by Gasteiger charge is -2.09. The molecule has 0 aliphatic heterocycles. The standard InChI is InChI=1S/C14H17N3O3/c1-17-14(15-9-16-17)8-11(18)6-10-4-5-12(19-2)13(7-10)20-3/h4-5,7,9H,6,8H2,1-3H3. The van der Waals surface area contributed by atoms with Gasteiger partial charge in [0.15, 0.2) is 11.5 Å². The lowest BCUT2D eigenvalue weighted by atomic mass is 10.1. The van der Waals surface area contributed by atoms with Gasteiger partial charge >= 0.3 is 0 Å². The van der Waals surface area contributed by atoms with Gasteiger partial charge in [-0.15, -0.1) is 0 Å². The molecule has 106 valence electrons. The number of Topliss-reactive ketones (excluding diaryl/α,β-unsaturated/α-hetero) is 1. The highest BCUT2D eigenvalue weighted by molar-refractivity contribution is 5.82. The van der Waals surface area contributed by atoms with Crippen molar-refractivity contribution in [1.82, 2.24) is 14.8 Å². The first kappa shape index (κ1) is 14.0. The molecule has 6 heteroatoms. The molecular weight excluding hydrogens is 258 g/mol. The van der Waals surface area contributed by atoms with Gasteiger partial charge in [-0.1, -0.05) is 6.07 Å². The summed E-state index contributed by atoms with van der Waals surface area (Å²) < 4.78 is 12.0. The van der Waals surface area contributed by atoms with Crippen LogP contribution < -0.4 is 9.47 Å². The molecule has 0 fully saturated rings. The number of benzene rings is 1. The van der Waals surface area contributed by atoms with E-state index in [4.69, 9.17) is 9.47 Å². The van der Waals surface area contributed by atoms with E-state index in [-0.39, 0.29) is 12.2 Å². The van der Waals surface area contributed by atoms with Crippen LogP contribution in [0.25, 0.3) is 0 Å². The van der Waals surface area contributed by atoms with E-state index in [1.807, 2.05) is 12.1 Å². The van der Waals surface area contributed by atoms with E-state index in [0.29, 0.717) is 23.7 Å². The van der Waals surface area contributed by atoms with Crippen molar-refractivity contribution in [1.29, 1.82) is 0 Å². The van der Waals surface area contributed by atoms with Crippen molar-refractivity contribution < 1.29 is 14.3 Å². The lowest BCUT2D eigenvalue weighted by molar-refractivity contribution is -0.117. The third kappa shape index (κ3) is 3.14. The van der Waals surface area contributed by atoms with E-state index < -0.39 is 0 Å². The quantitative estimate of drug-likeness (QED) is 0.792. The van der Waals surface area contributed by atoms with Gasteiger partial charge in [0.25, 0.3) is 0 Å². The number of nitrogens with zero attached hydrogens (tertiary/aromatic N) is 3. The fourth-order valence-electron chi connectivity index (χ4n) is 1.94. The van der Waals surface area contributed by atoms with Crippen LogP contribution in [0.2, 0.25) is 0 Å². The van der Waals surface area contributed by atoms with E-state index in [1.54, 1.807) is 32.0 Å². The second-order valence-electron chi connectivity index (χ2n) is 4.38. The van der Waals surface area contributed by atoms with Crippen LogP contribution in [0.5, 0.6) is 11.5 Å². The Hall–Kier alpha value is -2.37. The Morgan fingerprint density at radius 3 is 2.55 bits per heavy atom.